The number of hydrogen-bond acceptors (Lipinski definition) is 5. The smallest absolute Gasteiger partial charge is 0.225 e. The maximum Gasteiger partial charge on any atom is 0.225 e. The maximum absolute atomic E-state index is 14.2. The van der Waals surface area contributed by atoms with Crippen molar-refractivity contribution in [3.8, 4) is 11.5 Å². The average Bonchev–Trinajstić information content (AvgIpc) is 3.57. The fourth-order valence-electron chi connectivity index (χ4n) is 5.72. The number of carbonyl (C=O) groups is 1. The summed E-state index contributed by atoms with van der Waals surface area (Å²) < 4.78 is 30.2. The first-order chi connectivity index (χ1) is 18.1. The van der Waals surface area contributed by atoms with E-state index in [0.717, 1.165) is 51.4 Å². The van der Waals surface area contributed by atoms with Gasteiger partial charge in [0.25, 0.3) is 0 Å². The van der Waals surface area contributed by atoms with Crippen LogP contribution in [0.25, 0.3) is 22.6 Å². The molecule has 0 N–H and O–H groups in total. The van der Waals surface area contributed by atoms with Crippen LogP contribution < -0.4 is 0 Å². The van der Waals surface area contributed by atoms with Crippen molar-refractivity contribution < 1.29 is 13.6 Å². The molecule has 37 heavy (non-hydrogen) atoms. The number of hydrogen-bond donors (Lipinski definition) is 0. The van der Waals surface area contributed by atoms with Gasteiger partial charge < -0.3 is 9.47 Å². The van der Waals surface area contributed by atoms with Crippen molar-refractivity contribution in [3.05, 3.63) is 70.6 Å². The molecule has 0 bridgehead atoms. The first-order valence-electron chi connectivity index (χ1n) is 12.9. The van der Waals surface area contributed by atoms with Crippen LogP contribution in [0.3, 0.4) is 0 Å². The number of carbonyl (C=O) groups excluding carboxylic acids is 1. The molecule has 4 aromatic rings. The zero-order valence-corrected chi connectivity index (χ0v) is 21.3. The van der Waals surface area contributed by atoms with Crippen molar-refractivity contribution in [2.75, 3.05) is 26.2 Å². The maximum atomic E-state index is 14.2. The molecule has 0 unspecified atom stereocenters. The van der Waals surface area contributed by atoms with Gasteiger partial charge in [-0.25, -0.2) is 13.8 Å². The SMILES string of the molecule is O=C(C1CCN(Cc2ccsc2)CC1)N1CCC(n2c(-c3ccccn3)nc3cc(F)c(F)cc32)CC1. The minimum atomic E-state index is -0.911. The zero-order chi connectivity index (χ0) is 25.4. The molecule has 0 radical (unpaired) electrons. The quantitative estimate of drug-likeness (QED) is 0.347. The molecule has 0 aliphatic carbocycles. The number of rotatable bonds is 5. The molecule has 6 nitrogen and oxygen atoms in total. The van der Waals surface area contributed by atoms with Gasteiger partial charge in [-0.3, -0.25) is 14.7 Å². The van der Waals surface area contributed by atoms with E-state index in [1.165, 1.54) is 11.6 Å². The Balaban J connectivity index is 1.15. The van der Waals surface area contributed by atoms with Crippen LogP contribution in [-0.2, 0) is 11.3 Å². The third-order valence-corrected chi connectivity index (χ3v) is 8.42. The van der Waals surface area contributed by atoms with E-state index in [2.05, 4.69) is 31.7 Å². The van der Waals surface area contributed by atoms with Crippen LogP contribution in [-0.4, -0.2) is 56.4 Å². The normalized spacial score (nSPS) is 18.1. The molecule has 192 valence electrons. The predicted octanol–water partition coefficient (Wildman–Crippen LogP) is 5.51. The van der Waals surface area contributed by atoms with Crippen LogP contribution in [0.2, 0.25) is 0 Å². The zero-order valence-electron chi connectivity index (χ0n) is 20.5. The van der Waals surface area contributed by atoms with Gasteiger partial charge in [0.2, 0.25) is 5.91 Å². The van der Waals surface area contributed by atoms with Gasteiger partial charge in [0, 0.05) is 49.9 Å². The number of thiophene rings is 1. The Hall–Kier alpha value is -3.17. The molecular formula is C28H29F2N5OS. The summed E-state index contributed by atoms with van der Waals surface area (Å²) in [4.78, 5) is 26.8. The van der Waals surface area contributed by atoms with Gasteiger partial charge in [-0.2, -0.15) is 11.3 Å². The molecule has 2 aliphatic rings. The molecule has 0 spiro atoms. The number of fused-ring (bicyclic) bond motifs is 1. The Labute approximate surface area is 218 Å². The van der Waals surface area contributed by atoms with Crippen LogP contribution in [0.15, 0.2) is 53.4 Å². The number of aromatic nitrogens is 3. The van der Waals surface area contributed by atoms with Gasteiger partial charge >= 0.3 is 0 Å². The fraction of sp³-hybridized carbons (Fsp3) is 0.393. The number of halogens is 2. The summed E-state index contributed by atoms with van der Waals surface area (Å²) in [5, 5.41) is 4.30. The number of imidazole rings is 1. The van der Waals surface area contributed by atoms with E-state index in [1.807, 2.05) is 27.7 Å². The number of piperidine rings is 2. The average molecular weight is 522 g/mol. The second kappa shape index (κ2) is 10.3. The van der Waals surface area contributed by atoms with Crippen LogP contribution >= 0.6 is 11.3 Å². The molecule has 2 aliphatic heterocycles. The summed E-state index contributed by atoms with van der Waals surface area (Å²) in [5.74, 6) is -0.873. The van der Waals surface area contributed by atoms with E-state index in [9.17, 15) is 13.6 Å². The van der Waals surface area contributed by atoms with Gasteiger partial charge in [-0.05, 0) is 73.3 Å². The van der Waals surface area contributed by atoms with Gasteiger partial charge in [-0.15, -0.1) is 0 Å². The minimum Gasteiger partial charge on any atom is -0.342 e. The molecule has 1 amide bonds. The number of likely N-dealkylation sites (tertiary alicyclic amines) is 2. The molecule has 6 rings (SSSR count). The number of amides is 1. The van der Waals surface area contributed by atoms with Crippen molar-refractivity contribution in [3.63, 3.8) is 0 Å². The van der Waals surface area contributed by atoms with Crippen LogP contribution in [0.5, 0.6) is 0 Å². The van der Waals surface area contributed by atoms with Gasteiger partial charge in [0.05, 0.1) is 11.0 Å². The molecule has 2 fully saturated rings. The van der Waals surface area contributed by atoms with E-state index in [1.54, 1.807) is 17.5 Å². The highest BCUT2D eigenvalue weighted by atomic mass is 32.1. The summed E-state index contributed by atoms with van der Waals surface area (Å²) in [6.07, 6.45) is 4.93. The Morgan fingerprint density at radius 1 is 1.00 bits per heavy atom. The summed E-state index contributed by atoms with van der Waals surface area (Å²) in [5.41, 5.74) is 2.97. The van der Waals surface area contributed by atoms with E-state index in [-0.39, 0.29) is 17.9 Å². The summed E-state index contributed by atoms with van der Waals surface area (Å²) in [6, 6.07) is 10.1. The summed E-state index contributed by atoms with van der Waals surface area (Å²) >= 11 is 1.72. The van der Waals surface area contributed by atoms with Crippen molar-refractivity contribution in [2.45, 2.75) is 38.3 Å². The molecule has 1 aromatic carbocycles. The summed E-state index contributed by atoms with van der Waals surface area (Å²) in [6.45, 7) is 4.13. The van der Waals surface area contributed by atoms with Crippen LogP contribution in [0.4, 0.5) is 8.78 Å². The first-order valence-corrected chi connectivity index (χ1v) is 13.8. The van der Waals surface area contributed by atoms with E-state index >= 15 is 0 Å². The van der Waals surface area contributed by atoms with Gasteiger partial charge in [-0.1, -0.05) is 6.07 Å². The highest BCUT2D eigenvalue weighted by molar-refractivity contribution is 7.07. The molecule has 0 saturated carbocycles. The standard InChI is InChI=1S/C28H29F2N5OS/c29-22-15-25-26(16-23(22)30)35(27(32-25)24-3-1-2-9-31-24)21-6-12-34(13-7-21)28(36)20-4-10-33(11-5-20)17-19-8-14-37-18-19/h1-3,8-9,14-16,18,20-21H,4-7,10-13,17H2. The van der Waals surface area contributed by atoms with Crippen molar-refractivity contribution >= 4 is 28.3 Å². The fourth-order valence-corrected chi connectivity index (χ4v) is 6.38. The van der Waals surface area contributed by atoms with E-state index in [0.29, 0.717) is 35.6 Å². The predicted molar refractivity (Wildman–Crippen MR) is 140 cm³/mol. The lowest BCUT2D eigenvalue weighted by atomic mass is 9.93. The topological polar surface area (TPSA) is 54.3 Å². The number of benzene rings is 1. The van der Waals surface area contributed by atoms with Gasteiger partial charge in [0.15, 0.2) is 17.5 Å². The monoisotopic (exact) mass is 521 g/mol. The van der Waals surface area contributed by atoms with Gasteiger partial charge in [0.1, 0.15) is 5.69 Å². The van der Waals surface area contributed by atoms with Crippen molar-refractivity contribution in [2.24, 2.45) is 5.92 Å². The molecule has 2 saturated heterocycles. The molecule has 9 heteroatoms. The highest BCUT2D eigenvalue weighted by Gasteiger charge is 2.32. The van der Waals surface area contributed by atoms with Crippen molar-refractivity contribution in [1.82, 2.24) is 24.3 Å². The highest BCUT2D eigenvalue weighted by Crippen LogP contribution is 2.34. The number of nitrogens with zero attached hydrogens (tertiary/aromatic N) is 5. The number of pyridine rings is 1. The van der Waals surface area contributed by atoms with E-state index < -0.39 is 11.6 Å². The Kier molecular flexibility index (Phi) is 6.73. The lowest BCUT2D eigenvalue weighted by Crippen LogP contribution is -2.45. The first kappa shape index (κ1) is 24.2. The Bertz CT molecular complexity index is 1370. The summed E-state index contributed by atoms with van der Waals surface area (Å²) in [7, 11) is 0. The molecule has 5 heterocycles. The van der Waals surface area contributed by atoms with E-state index in [4.69, 9.17) is 0 Å². The largest absolute Gasteiger partial charge is 0.342 e. The third kappa shape index (κ3) is 4.90. The lowest BCUT2D eigenvalue weighted by molar-refractivity contribution is -0.138. The Morgan fingerprint density at radius 3 is 2.49 bits per heavy atom. The van der Waals surface area contributed by atoms with Crippen molar-refractivity contribution in [1.29, 1.82) is 0 Å². The molecular weight excluding hydrogens is 492 g/mol. The minimum absolute atomic E-state index is 0.0170. The van der Waals surface area contributed by atoms with Crippen LogP contribution in [0, 0.1) is 17.6 Å². The van der Waals surface area contributed by atoms with Crippen LogP contribution in [0.1, 0.15) is 37.3 Å². The second-order valence-corrected chi connectivity index (χ2v) is 10.8. The lowest BCUT2D eigenvalue weighted by Gasteiger charge is -2.38. The third-order valence-electron chi connectivity index (χ3n) is 7.69. The Morgan fingerprint density at radius 2 is 1.78 bits per heavy atom. The second-order valence-electron chi connectivity index (χ2n) is 10.0. The molecule has 3 aromatic heterocycles. The molecule has 0 atom stereocenters.